The van der Waals surface area contributed by atoms with Crippen molar-refractivity contribution in [1.29, 1.82) is 0 Å². The fraction of sp³-hybridized carbons (Fsp3) is 0.167. The smallest absolute Gasteiger partial charge is 0.261 e. The monoisotopic (exact) mass is 217 g/mol. The van der Waals surface area contributed by atoms with Gasteiger partial charge < -0.3 is 4.74 Å². The maximum Gasteiger partial charge on any atom is 0.261 e. The number of carbonyl (C=O) groups is 2. The van der Waals surface area contributed by atoms with Gasteiger partial charge in [-0.1, -0.05) is 18.7 Å². The van der Waals surface area contributed by atoms with Gasteiger partial charge in [0.1, 0.15) is 5.75 Å². The number of imide groups is 1. The molecule has 0 radical (unpaired) electrons. The normalized spacial score (nSPS) is 15.8. The second kappa shape index (κ2) is 3.81. The molecule has 2 rings (SSSR count). The van der Waals surface area contributed by atoms with Gasteiger partial charge in [-0.15, -0.1) is 0 Å². The lowest BCUT2D eigenvalue weighted by Crippen LogP contribution is -2.29. The zero-order chi connectivity index (χ0) is 11.7. The van der Waals surface area contributed by atoms with E-state index in [2.05, 4.69) is 6.58 Å². The predicted octanol–water partition coefficient (Wildman–Crippen LogP) is 1.51. The van der Waals surface area contributed by atoms with E-state index in [1.165, 1.54) is 7.11 Å². The van der Waals surface area contributed by atoms with Gasteiger partial charge in [0.15, 0.2) is 0 Å². The van der Waals surface area contributed by atoms with Gasteiger partial charge in [-0.3, -0.25) is 9.59 Å². The Morgan fingerprint density at radius 2 is 2.00 bits per heavy atom. The number of para-hydroxylation sites is 2. The summed E-state index contributed by atoms with van der Waals surface area (Å²) in [6.07, 6.45) is 0.0802. The van der Waals surface area contributed by atoms with Crippen molar-refractivity contribution in [3.8, 4) is 5.75 Å². The average Bonchev–Trinajstić information content (AvgIpc) is 2.53. The van der Waals surface area contributed by atoms with E-state index < -0.39 is 0 Å². The lowest BCUT2D eigenvalue weighted by Gasteiger charge is -2.16. The summed E-state index contributed by atoms with van der Waals surface area (Å²) in [5.41, 5.74) is 0.787. The van der Waals surface area contributed by atoms with Crippen LogP contribution in [0, 0.1) is 0 Å². The highest BCUT2D eigenvalue weighted by Gasteiger charge is 2.35. The van der Waals surface area contributed by atoms with Crippen LogP contribution in [0.5, 0.6) is 5.75 Å². The number of amides is 2. The molecule has 1 aromatic rings. The summed E-state index contributed by atoms with van der Waals surface area (Å²) in [5.74, 6) is -0.118. The highest BCUT2D eigenvalue weighted by molar-refractivity contribution is 6.28. The van der Waals surface area contributed by atoms with Gasteiger partial charge in [-0.05, 0) is 12.1 Å². The van der Waals surface area contributed by atoms with E-state index in [1.807, 2.05) is 0 Å². The molecule has 1 aliphatic heterocycles. The average molecular weight is 217 g/mol. The molecule has 0 aromatic heterocycles. The second-order valence-electron chi connectivity index (χ2n) is 3.49. The van der Waals surface area contributed by atoms with Gasteiger partial charge in [0.05, 0.1) is 19.2 Å². The first kappa shape index (κ1) is 10.4. The molecule has 1 aliphatic rings. The van der Waals surface area contributed by atoms with E-state index in [1.54, 1.807) is 24.3 Å². The minimum Gasteiger partial charge on any atom is -0.495 e. The molecule has 0 N–H and O–H groups in total. The van der Waals surface area contributed by atoms with Crippen LogP contribution in [0.3, 0.4) is 0 Å². The third-order valence-electron chi connectivity index (χ3n) is 2.45. The third-order valence-corrected chi connectivity index (χ3v) is 2.45. The first-order valence-electron chi connectivity index (χ1n) is 4.83. The zero-order valence-corrected chi connectivity index (χ0v) is 8.90. The molecule has 0 atom stereocenters. The molecule has 1 aromatic carbocycles. The summed E-state index contributed by atoms with van der Waals surface area (Å²) < 4.78 is 5.11. The van der Waals surface area contributed by atoms with E-state index in [4.69, 9.17) is 4.74 Å². The molecule has 82 valence electrons. The third kappa shape index (κ3) is 1.48. The maximum absolute atomic E-state index is 11.7. The van der Waals surface area contributed by atoms with Crippen molar-refractivity contribution in [3.63, 3.8) is 0 Å². The molecule has 0 spiro atoms. The van der Waals surface area contributed by atoms with Crippen LogP contribution in [0.15, 0.2) is 36.4 Å². The summed E-state index contributed by atoms with van der Waals surface area (Å²) in [6.45, 7) is 3.56. The predicted molar refractivity (Wildman–Crippen MR) is 59.2 cm³/mol. The van der Waals surface area contributed by atoms with Crippen molar-refractivity contribution in [3.05, 3.63) is 36.4 Å². The Hall–Kier alpha value is -2.10. The van der Waals surface area contributed by atoms with Crippen LogP contribution >= 0.6 is 0 Å². The number of ether oxygens (including phenoxy) is 1. The summed E-state index contributed by atoms with van der Waals surface area (Å²) >= 11 is 0. The Morgan fingerprint density at radius 1 is 1.31 bits per heavy atom. The van der Waals surface area contributed by atoms with Gasteiger partial charge in [-0.2, -0.15) is 0 Å². The Bertz CT molecular complexity index is 479. The number of hydrogen-bond acceptors (Lipinski definition) is 3. The van der Waals surface area contributed by atoms with Gasteiger partial charge in [-0.25, -0.2) is 4.90 Å². The molecule has 1 heterocycles. The zero-order valence-electron chi connectivity index (χ0n) is 8.90. The molecule has 0 saturated carbocycles. The number of anilines is 1. The van der Waals surface area contributed by atoms with Crippen LogP contribution in [-0.2, 0) is 9.59 Å². The van der Waals surface area contributed by atoms with Crippen molar-refractivity contribution >= 4 is 17.5 Å². The molecular weight excluding hydrogens is 206 g/mol. The summed E-state index contributed by atoms with van der Waals surface area (Å²) in [4.78, 5) is 24.5. The highest BCUT2D eigenvalue weighted by atomic mass is 16.5. The topological polar surface area (TPSA) is 46.6 Å². The fourth-order valence-corrected chi connectivity index (χ4v) is 1.67. The number of carbonyl (C=O) groups excluding carboxylic acids is 2. The van der Waals surface area contributed by atoms with E-state index in [0.717, 1.165) is 4.90 Å². The van der Waals surface area contributed by atoms with E-state index in [-0.39, 0.29) is 18.2 Å². The van der Waals surface area contributed by atoms with Crippen LogP contribution in [0.4, 0.5) is 5.69 Å². The van der Waals surface area contributed by atoms with E-state index in [9.17, 15) is 9.59 Å². The molecule has 4 heteroatoms. The number of benzene rings is 1. The maximum atomic E-state index is 11.7. The van der Waals surface area contributed by atoms with Crippen LogP contribution in [0.25, 0.3) is 0 Å². The van der Waals surface area contributed by atoms with Crippen molar-refractivity contribution in [2.45, 2.75) is 6.42 Å². The fourth-order valence-electron chi connectivity index (χ4n) is 1.67. The van der Waals surface area contributed by atoms with Gasteiger partial charge in [0.25, 0.3) is 5.91 Å². The van der Waals surface area contributed by atoms with Gasteiger partial charge in [0, 0.05) is 5.57 Å². The largest absolute Gasteiger partial charge is 0.495 e. The van der Waals surface area contributed by atoms with Crippen molar-refractivity contribution in [2.24, 2.45) is 0 Å². The number of rotatable bonds is 2. The van der Waals surface area contributed by atoms with Crippen LogP contribution in [0.2, 0.25) is 0 Å². The minimum atomic E-state index is -0.352. The second-order valence-corrected chi connectivity index (χ2v) is 3.49. The van der Waals surface area contributed by atoms with Crippen LogP contribution in [-0.4, -0.2) is 18.9 Å². The Labute approximate surface area is 93.1 Å². The molecule has 1 fully saturated rings. The highest BCUT2D eigenvalue weighted by Crippen LogP contribution is 2.32. The molecule has 4 nitrogen and oxygen atoms in total. The van der Waals surface area contributed by atoms with Crippen molar-refractivity contribution in [1.82, 2.24) is 0 Å². The molecule has 0 unspecified atom stereocenters. The Balaban J connectivity index is 2.48. The molecule has 16 heavy (non-hydrogen) atoms. The summed E-state index contributed by atoms with van der Waals surface area (Å²) in [5, 5.41) is 0. The van der Waals surface area contributed by atoms with E-state index in [0.29, 0.717) is 17.0 Å². The molecule has 0 aliphatic carbocycles. The molecule has 1 saturated heterocycles. The number of nitrogens with zero attached hydrogens (tertiary/aromatic N) is 1. The van der Waals surface area contributed by atoms with Crippen molar-refractivity contribution < 1.29 is 14.3 Å². The first-order valence-corrected chi connectivity index (χ1v) is 4.83. The van der Waals surface area contributed by atoms with Gasteiger partial charge in [0.2, 0.25) is 5.91 Å². The van der Waals surface area contributed by atoms with Crippen LogP contribution in [0.1, 0.15) is 6.42 Å². The molecule has 0 bridgehead atoms. The van der Waals surface area contributed by atoms with Crippen LogP contribution < -0.4 is 9.64 Å². The molecular formula is C12H11NO3. The van der Waals surface area contributed by atoms with Crippen molar-refractivity contribution in [2.75, 3.05) is 12.0 Å². The van der Waals surface area contributed by atoms with E-state index >= 15 is 0 Å². The Morgan fingerprint density at radius 3 is 2.56 bits per heavy atom. The lowest BCUT2D eigenvalue weighted by molar-refractivity contribution is -0.120. The molecule has 2 amide bonds. The first-order chi connectivity index (χ1) is 7.65. The summed E-state index contributed by atoms with van der Waals surface area (Å²) in [6, 6.07) is 6.91. The Kier molecular flexibility index (Phi) is 2.48. The quantitative estimate of drug-likeness (QED) is 0.557. The lowest BCUT2D eigenvalue weighted by atomic mass is 10.2. The number of methoxy groups -OCH3 is 1. The SMILES string of the molecule is C=C1CC(=O)N(c2ccccc2OC)C1=O. The van der Waals surface area contributed by atoms with Gasteiger partial charge >= 0.3 is 0 Å². The minimum absolute atomic E-state index is 0.0802. The standard InChI is InChI=1S/C12H11NO3/c1-8-7-11(14)13(12(8)15)9-5-3-4-6-10(9)16-2/h3-6H,1,7H2,2H3. The summed E-state index contributed by atoms with van der Waals surface area (Å²) in [7, 11) is 1.50. The number of hydrogen-bond donors (Lipinski definition) is 0.